The van der Waals surface area contributed by atoms with Gasteiger partial charge in [-0.1, -0.05) is 24.3 Å². The number of Topliss-reactive ketones (excluding diaryl/α,β-unsaturated/α-hetero) is 1. The van der Waals surface area contributed by atoms with Crippen LogP contribution in [-0.4, -0.2) is 52.3 Å². The lowest BCUT2D eigenvalue weighted by Gasteiger charge is -2.34. The van der Waals surface area contributed by atoms with Crippen LogP contribution < -0.4 is 14.4 Å². The fourth-order valence-electron chi connectivity index (χ4n) is 5.41. The van der Waals surface area contributed by atoms with E-state index in [-0.39, 0.29) is 17.7 Å². The van der Waals surface area contributed by atoms with E-state index in [9.17, 15) is 19.5 Å². The molecule has 4 heterocycles. The molecule has 37 heavy (non-hydrogen) atoms. The highest BCUT2D eigenvalue weighted by molar-refractivity contribution is 6.50. The first-order chi connectivity index (χ1) is 18.0. The van der Waals surface area contributed by atoms with Crippen molar-refractivity contribution in [2.45, 2.75) is 19.0 Å². The molecule has 9 nitrogen and oxygen atoms in total. The summed E-state index contributed by atoms with van der Waals surface area (Å²) in [4.78, 5) is 48.4. The third-order valence-electron chi connectivity index (χ3n) is 7.00. The third-order valence-corrected chi connectivity index (χ3v) is 7.00. The summed E-state index contributed by atoms with van der Waals surface area (Å²) in [5.41, 5.74) is -0.184. The number of para-hydroxylation sites is 1. The summed E-state index contributed by atoms with van der Waals surface area (Å²) in [6.07, 6.45) is 3.18. The molecule has 9 heteroatoms. The van der Waals surface area contributed by atoms with Crippen molar-refractivity contribution in [2.24, 2.45) is 0 Å². The molecule has 3 aliphatic heterocycles. The summed E-state index contributed by atoms with van der Waals surface area (Å²) < 4.78 is 11.2. The molecule has 1 fully saturated rings. The Kier molecular flexibility index (Phi) is 5.22. The highest BCUT2D eigenvalue weighted by Crippen LogP contribution is 2.54. The van der Waals surface area contributed by atoms with Gasteiger partial charge in [0, 0.05) is 36.6 Å². The maximum absolute atomic E-state index is 14.3. The number of ether oxygens (including phenoxy) is 2. The van der Waals surface area contributed by atoms with Gasteiger partial charge in [0.15, 0.2) is 17.0 Å². The summed E-state index contributed by atoms with van der Waals surface area (Å²) in [7, 11) is 0. The molecule has 0 radical (unpaired) electrons. The van der Waals surface area contributed by atoms with Crippen molar-refractivity contribution in [3.63, 3.8) is 0 Å². The largest absolute Gasteiger partial charge is 0.507 e. The number of aromatic nitrogens is 1. The molecule has 186 valence electrons. The standard InChI is InChI=1S/C28H23N3O6/c1-2-30-20-8-4-3-7-19(20)28(27(30)35)23(24(32)18-9-10-21-22(14-18)37-13-12-36-21)25(33)26(34)31(28)16-17-6-5-11-29-15-17/h3-11,14-15,32H,2,12-13,16H2,1H3/b24-23-. The number of carbonyl (C=O) groups excluding carboxylic acids is 3. The Morgan fingerprint density at radius 2 is 1.81 bits per heavy atom. The first kappa shape index (κ1) is 22.8. The zero-order valence-electron chi connectivity index (χ0n) is 20.0. The molecule has 1 N–H and O–H groups in total. The van der Waals surface area contributed by atoms with Crippen molar-refractivity contribution in [1.29, 1.82) is 0 Å². The van der Waals surface area contributed by atoms with E-state index >= 15 is 0 Å². The fourth-order valence-corrected chi connectivity index (χ4v) is 5.41. The molecule has 3 aromatic rings. The van der Waals surface area contributed by atoms with Crippen LogP contribution in [0.15, 0.2) is 72.6 Å². The van der Waals surface area contributed by atoms with Crippen LogP contribution in [0.4, 0.5) is 5.69 Å². The highest BCUT2D eigenvalue weighted by Gasteiger charge is 2.67. The Morgan fingerprint density at radius 1 is 1.03 bits per heavy atom. The first-order valence-electron chi connectivity index (χ1n) is 12.0. The van der Waals surface area contributed by atoms with Gasteiger partial charge in [0.25, 0.3) is 17.6 Å². The number of hydrogen-bond acceptors (Lipinski definition) is 7. The van der Waals surface area contributed by atoms with Crippen molar-refractivity contribution in [1.82, 2.24) is 9.88 Å². The lowest BCUT2D eigenvalue weighted by atomic mass is 9.81. The number of amides is 2. The van der Waals surface area contributed by atoms with Crippen molar-refractivity contribution in [2.75, 3.05) is 24.7 Å². The summed E-state index contributed by atoms with van der Waals surface area (Å²) in [5, 5.41) is 11.6. The number of anilines is 1. The number of benzene rings is 2. The van der Waals surface area contributed by atoms with Gasteiger partial charge in [0.2, 0.25) is 0 Å². The first-order valence-corrected chi connectivity index (χ1v) is 12.0. The van der Waals surface area contributed by atoms with E-state index in [4.69, 9.17) is 9.47 Å². The number of carbonyl (C=O) groups is 3. The van der Waals surface area contributed by atoms with Crippen molar-refractivity contribution in [3.05, 3.63) is 89.3 Å². The molecule has 2 amide bonds. The highest BCUT2D eigenvalue weighted by atomic mass is 16.6. The van der Waals surface area contributed by atoms with Crippen LogP contribution in [0, 0.1) is 0 Å². The van der Waals surface area contributed by atoms with Crippen LogP contribution in [-0.2, 0) is 26.5 Å². The second kappa shape index (κ2) is 8.48. The predicted octanol–water partition coefficient (Wildman–Crippen LogP) is 3.00. The van der Waals surface area contributed by atoms with Gasteiger partial charge in [0.1, 0.15) is 19.0 Å². The van der Waals surface area contributed by atoms with E-state index in [0.717, 1.165) is 0 Å². The van der Waals surface area contributed by atoms with E-state index in [1.165, 1.54) is 9.80 Å². The maximum Gasteiger partial charge on any atom is 0.296 e. The fraction of sp³-hybridized carbons (Fsp3) is 0.214. The Balaban J connectivity index is 1.62. The molecule has 0 aliphatic carbocycles. The maximum atomic E-state index is 14.3. The van der Waals surface area contributed by atoms with Crippen LogP contribution in [0.3, 0.4) is 0 Å². The molecular formula is C28H23N3O6. The van der Waals surface area contributed by atoms with Crippen molar-refractivity contribution >= 4 is 29.0 Å². The van der Waals surface area contributed by atoms with Gasteiger partial charge in [-0.2, -0.15) is 0 Å². The normalized spacial score (nSPS) is 21.6. The zero-order valence-corrected chi connectivity index (χ0v) is 20.0. The molecule has 1 saturated heterocycles. The molecule has 2 aromatic carbocycles. The monoisotopic (exact) mass is 497 g/mol. The summed E-state index contributed by atoms with van der Waals surface area (Å²) >= 11 is 0. The van der Waals surface area contributed by atoms with Crippen LogP contribution in [0.1, 0.15) is 23.6 Å². The van der Waals surface area contributed by atoms with Gasteiger partial charge in [-0.25, -0.2) is 0 Å². The molecular weight excluding hydrogens is 474 g/mol. The van der Waals surface area contributed by atoms with E-state index in [2.05, 4.69) is 4.98 Å². The minimum absolute atomic E-state index is 0.0477. The number of likely N-dealkylation sites (N-methyl/N-ethyl adjacent to an activating group) is 1. The quantitative estimate of drug-likeness (QED) is 0.335. The molecule has 1 aromatic heterocycles. The van der Waals surface area contributed by atoms with Crippen LogP contribution >= 0.6 is 0 Å². The molecule has 6 rings (SSSR count). The van der Waals surface area contributed by atoms with Gasteiger partial charge in [-0.15, -0.1) is 0 Å². The topological polar surface area (TPSA) is 109 Å². The van der Waals surface area contributed by atoms with E-state index in [1.54, 1.807) is 67.0 Å². The van der Waals surface area contributed by atoms with Gasteiger partial charge >= 0.3 is 0 Å². The molecule has 0 saturated carbocycles. The average Bonchev–Trinajstić information content (AvgIpc) is 3.31. The van der Waals surface area contributed by atoms with Gasteiger partial charge < -0.3 is 24.4 Å². The van der Waals surface area contributed by atoms with Gasteiger partial charge in [-0.05, 0) is 42.8 Å². The summed E-state index contributed by atoms with van der Waals surface area (Å²) in [5.74, 6) is -1.82. The predicted molar refractivity (Wildman–Crippen MR) is 133 cm³/mol. The number of fused-ring (bicyclic) bond motifs is 3. The van der Waals surface area contributed by atoms with Crippen LogP contribution in [0.25, 0.3) is 5.76 Å². The average molecular weight is 498 g/mol. The smallest absolute Gasteiger partial charge is 0.296 e. The number of ketones is 1. The SMILES string of the molecule is CCN1C(=O)C2(/C(=C(\O)c3ccc4c(c3)OCCO4)C(=O)C(=O)N2Cc2cccnc2)c2ccccc21. The second-order valence-electron chi connectivity index (χ2n) is 8.94. The van der Waals surface area contributed by atoms with Crippen molar-refractivity contribution in [3.8, 4) is 11.5 Å². The lowest BCUT2D eigenvalue weighted by molar-refractivity contribution is -0.144. The Labute approximate surface area is 212 Å². The van der Waals surface area contributed by atoms with E-state index in [1.807, 2.05) is 6.92 Å². The Bertz CT molecular complexity index is 1480. The summed E-state index contributed by atoms with van der Waals surface area (Å²) in [6.45, 7) is 2.83. The Hall–Kier alpha value is -4.66. The molecule has 3 aliphatic rings. The minimum Gasteiger partial charge on any atom is -0.507 e. The van der Waals surface area contributed by atoms with Crippen molar-refractivity contribution < 1.29 is 29.0 Å². The third kappa shape index (κ3) is 3.16. The minimum atomic E-state index is -1.84. The molecule has 1 spiro atoms. The van der Waals surface area contributed by atoms with Gasteiger partial charge in [-0.3, -0.25) is 19.4 Å². The molecule has 1 unspecified atom stereocenters. The number of nitrogens with zero attached hydrogens (tertiary/aromatic N) is 3. The van der Waals surface area contributed by atoms with Crippen LogP contribution in [0.2, 0.25) is 0 Å². The second-order valence-corrected chi connectivity index (χ2v) is 8.94. The number of hydrogen-bond donors (Lipinski definition) is 1. The zero-order chi connectivity index (χ0) is 25.7. The Morgan fingerprint density at radius 3 is 2.57 bits per heavy atom. The number of aliphatic hydroxyl groups is 1. The summed E-state index contributed by atoms with van der Waals surface area (Å²) in [6, 6.07) is 15.3. The van der Waals surface area contributed by atoms with E-state index < -0.39 is 28.9 Å². The lowest BCUT2D eigenvalue weighted by Crippen LogP contribution is -2.51. The number of aliphatic hydroxyl groups excluding tert-OH is 1. The number of pyridine rings is 1. The molecule has 0 bridgehead atoms. The van der Waals surface area contributed by atoms with Crippen LogP contribution in [0.5, 0.6) is 11.5 Å². The van der Waals surface area contributed by atoms with E-state index in [0.29, 0.717) is 48.1 Å². The number of rotatable bonds is 4. The van der Waals surface area contributed by atoms with Gasteiger partial charge in [0.05, 0.1) is 11.3 Å². The number of likely N-dealkylation sites (tertiary alicyclic amines) is 1. The molecule has 1 atom stereocenters.